The second kappa shape index (κ2) is 35.3. The van der Waals surface area contributed by atoms with Gasteiger partial charge in [0.2, 0.25) is 0 Å². The lowest BCUT2D eigenvalue weighted by atomic mass is 9.98. The van der Waals surface area contributed by atoms with Gasteiger partial charge in [-0.05, 0) is 278 Å². The van der Waals surface area contributed by atoms with E-state index in [0.717, 1.165) is 99.5 Å². The van der Waals surface area contributed by atoms with E-state index in [1.807, 2.05) is 54.6 Å². The van der Waals surface area contributed by atoms with Crippen LogP contribution in [0.1, 0.15) is 16.7 Å². The molecule has 0 saturated heterocycles. The average molecular weight is 1860 g/mol. The number of rotatable bonds is 12. The number of para-hydroxylation sites is 8. The molecule has 0 N–H and O–H groups in total. The Labute approximate surface area is 841 Å². The topological polar surface area (TPSA) is 101 Å². The zero-order chi connectivity index (χ0) is 97.0. The molecule has 0 fully saturated rings. The lowest BCUT2D eigenvalue weighted by Gasteiger charge is -2.13. The minimum Gasteiger partial charge on any atom is -0.309 e. The lowest BCUT2D eigenvalue weighted by Crippen LogP contribution is -1.96. The molecule has 0 aliphatic rings. The summed E-state index contributed by atoms with van der Waals surface area (Å²) in [6.45, 7) is 0. The van der Waals surface area contributed by atoms with Gasteiger partial charge in [-0.1, -0.05) is 315 Å². The molecule has 29 aromatic rings. The van der Waals surface area contributed by atoms with Crippen molar-refractivity contribution >= 4 is 152 Å². The van der Waals surface area contributed by atoms with Gasteiger partial charge in [0.25, 0.3) is 0 Å². The Kier molecular flexibility index (Phi) is 20.6. The first-order chi connectivity index (χ1) is 72.3. The first-order valence-corrected chi connectivity index (χ1v) is 49.3. The molecule has 6 aromatic heterocycles. The van der Waals surface area contributed by atoms with Gasteiger partial charge in [-0.25, -0.2) is 0 Å². The second-order valence-corrected chi connectivity index (χ2v) is 37.6. The molecular weight excluding hydrogens is 1770 g/mol. The molecular formula is C137H85N9. The van der Waals surface area contributed by atoms with Crippen LogP contribution >= 0.6 is 0 Å². The molecule has 0 bridgehead atoms. The van der Waals surface area contributed by atoms with Crippen molar-refractivity contribution in [2.45, 2.75) is 0 Å². The van der Waals surface area contributed by atoms with E-state index < -0.39 is 0 Å². The lowest BCUT2D eigenvalue weighted by molar-refractivity contribution is 1.18. The normalized spacial score (nSPS) is 11.5. The Morgan fingerprint density at radius 3 is 0.747 bits per heavy atom. The van der Waals surface area contributed by atoms with Crippen LogP contribution < -0.4 is 0 Å². The summed E-state index contributed by atoms with van der Waals surface area (Å²) in [5.41, 5.74) is 36.8. The fourth-order valence-electron chi connectivity index (χ4n) is 22.6. The number of hydrogen-bond acceptors (Lipinski definition) is 3. The van der Waals surface area contributed by atoms with Gasteiger partial charge >= 0.3 is 0 Å². The van der Waals surface area contributed by atoms with E-state index in [4.69, 9.17) is 0 Å². The Morgan fingerprint density at radius 1 is 0.130 bits per heavy atom. The quantitative estimate of drug-likeness (QED) is 0.122. The van der Waals surface area contributed by atoms with Crippen LogP contribution in [0.4, 0.5) is 0 Å². The predicted molar refractivity (Wildman–Crippen MR) is 607 cm³/mol. The largest absolute Gasteiger partial charge is 0.309 e. The molecule has 0 saturated carbocycles. The maximum Gasteiger partial charge on any atom is 0.0998 e. The highest BCUT2D eigenvalue weighted by Crippen LogP contribution is 2.46. The van der Waals surface area contributed by atoms with Crippen LogP contribution in [0, 0.1) is 34.0 Å². The van der Waals surface area contributed by atoms with Gasteiger partial charge < -0.3 is 27.4 Å². The summed E-state index contributed by atoms with van der Waals surface area (Å²) in [6.07, 6.45) is 0. The molecule has 9 heteroatoms. The van der Waals surface area contributed by atoms with Crippen LogP contribution in [0.3, 0.4) is 0 Å². The van der Waals surface area contributed by atoms with Gasteiger partial charge in [-0.2, -0.15) is 15.8 Å². The number of nitrogens with zero attached hydrogens (tertiary/aromatic N) is 9. The number of hydrogen-bond donors (Lipinski definition) is 0. The van der Waals surface area contributed by atoms with Crippen LogP contribution in [0.15, 0.2) is 516 Å². The predicted octanol–water partition coefficient (Wildman–Crippen LogP) is 35.6. The van der Waals surface area contributed by atoms with Crippen molar-refractivity contribution in [2.75, 3.05) is 0 Å². The van der Waals surface area contributed by atoms with Gasteiger partial charge in [0.1, 0.15) is 0 Å². The van der Waals surface area contributed by atoms with E-state index in [-0.39, 0.29) is 0 Å². The highest BCUT2D eigenvalue weighted by Gasteiger charge is 2.24. The van der Waals surface area contributed by atoms with Crippen molar-refractivity contribution in [3.05, 3.63) is 532 Å². The summed E-state index contributed by atoms with van der Waals surface area (Å²) in [6, 6.07) is 190. The van der Waals surface area contributed by atoms with Crippen molar-refractivity contribution in [3.63, 3.8) is 0 Å². The third-order valence-corrected chi connectivity index (χ3v) is 29.4. The van der Waals surface area contributed by atoms with E-state index >= 15 is 0 Å². The van der Waals surface area contributed by atoms with E-state index in [2.05, 4.69) is 507 Å². The Morgan fingerprint density at radius 2 is 0.384 bits per heavy atom. The Bertz CT molecular complexity index is 10500. The summed E-state index contributed by atoms with van der Waals surface area (Å²) in [4.78, 5) is 0. The Balaban J connectivity index is 0.000000109. The van der Waals surface area contributed by atoms with E-state index in [1.54, 1.807) is 0 Å². The number of nitriles is 3. The minimum absolute atomic E-state index is 0.658. The summed E-state index contributed by atoms with van der Waals surface area (Å²) < 4.78 is 14.0. The summed E-state index contributed by atoms with van der Waals surface area (Å²) in [5.74, 6) is 0. The fourth-order valence-corrected chi connectivity index (χ4v) is 22.6. The highest BCUT2D eigenvalue weighted by molar-refractivity contribution is 6.17. The molecule has 9 nitrogen and oxygen atoms in total. The minimum atomic E-state index is 0.658. The van der Waals surface area contributed by atoms with Gasteiger partial charge in [-0.3, -0.25) is 0 Å². The molecule has 0 unspecified atom stereocenters. The van der Waals surface area contributed by atoms with Gasteiger partial charge in [0.15, 0.2) is 0 Å². The van der Waals surface area contributed by atoms with E-state index in [9.17, 15) is 15.8 Å². The molecule has 0 radical (unpaired) electrons. The number of fused-ring (bicyclic) bond motifs is 20. The van der Waals surface area contributed by atoms with Gasteiger partial charge in [0.05, 0.1) is 107 Å². The molecule has 6 heterocycles. The molecule has 146 heavy (non-hydrogen) atoms. The molecule has 0 aliphatic carbocycles. The summed E-state index contributed by atoms with van der Waals surface area (Å²) in [7, 11) is 0. The smallest absolute Gasteiger partial charge is 0.0998 e. The maximum atomic E-state index is 9.78. The summed E-state index contributed by atoms with van der Waals surface area (Å²) >= 11 is 0. The number of benzene rings is 23. The van der Waals surface area contributed by atoms with Crippen molar-refractivity contribution in [3.8, 4) is 119 Å². The third-order valence-electron chi connectivity index (χ3n) is 29.4. The molecule has 23 aromatic carbocycles. The molecule has 0 aliphatic heterocycles. The monoisotopic (exact) mass is 1860 g/mol. The highest BCUT2D eigenvalue weighted by atomic mass is 15.0. The molecule has 0 spiro atoms. The Hall–Kier alpha value is -20.2. The zero-order valence-corrected chi connectivity index (χ0v) is 79.1. The molecule has 0 atom stereocenters. The van der Waals surface area contributed by atoms with E-state index in [0.29, 0.717) is 16.7 Å². The van der Waals surface area contributed by atoms with Crippen LogP contribution in [0.2, 0.25) is 0 Å². The molecule has 678 valence electrons. The summed E-state index contributed by atoms with van der Waals surface area (Å²) in [5, 5.41) is 48.1. The van der Waals surface area contributed by atoms with Crippen LogP contribution in [0.25, 0.3) is 253 Å². The second-order valence-electron chi connectivity index (χ2n) is 37.6. The first-order valence-electron chi connectivity index (χ1n) is 49.3. The van der Waals surface area contributed by atoms with Crippen LogP contribution in [-0.4, -0.2) is 27.4 Å². The van der Waals surface area contributed by atoms with Crippen molar-refractivity contribution in [1.29, 1.82) is 15.8 Å². The number of aromatic nitrogens is 6. The SMILES string of the molecule is N#Cc1ccc(-n2c3ccccc3c3cc(-c4ccc(-c5ccc6c(c5)c5ccccc5n6-c5ccccc5)cc4)ccc32)c2ccccc12.N#Cc1ccc2c(c1)c1cc(-c3ccc(-c4ccc5c(c4)c4ccccc4n5-c4ccccc4)cc3)ccc1n2-c1ccc2ccccc2c1.N#Cc1ccc2c3cc(-c4ccc(-c5ccc6c(c5)c5ccccc5n6-c5ccccc5)cc4)ccc3n(-c3ccccc3)c2c1. The zero-order valence-electron chi connectivity index (χ0n) is 79.1. The van der Waals surface area contributed by atoms with Crippen molar-refractivity contribution in [2.24, 2.45) is 0 Å². The first kappa shape index (κ1) is 85.1. The third kappa shape index (κ3) is 14.4. The molecule has 0 amide bonds. The molecule has 29 rings (SSSR count). The average Bonchev–Trinajstić information content (AvgIpc) is 1.54. The van der Waals surface area contributed by atoms with Crippen molar-refractivity contribution in [1.82, 2.24) is 27.4 Å². The maximum absolute atomic E-state index is 9.78. The van der Waals surface area contributed by atoms with Crippen LogP contribution in [0.5, 0.6) is 0 Å². The fraction of sp³-hybridized carbons (Fsp3) is 0. The van der Waals surface area contributed by atoms with E-state index in [1.165, 1.54) is 154 Å². The van der Waals surface area contributed by atoms with Gasteiger partial charge in [-0.15, -0.1) is 0 Å². The standard InChI is InChI=1S/2C47H29N3.C43H27N3/c48-30-35-24-27-45(38-13-5-4-12-37(35)38)50-44-17-9-7-15-40(44)42-29-34(23-26-47(42)50)32-20-18-31(19-21-32)33-22-25-46-41(28-33)39-14-6-8-16-43(39)49(46)36-10-2-1-3-11-36;48-30-31-14-23-45-41(26-31)43-29-37(21-25-47(43)50(45)39-22-19-32-8-4-5-9-35(32)27-39)34-17-15-33(16-18-34)36-20-24-46-42(28-36)40-12-6-7-13-44(40)49(46)38-10-2-1-3-11-38;44-28-29-15-22-37-39-27-33(21-24-42(39)46(43(37)25-29)35-11-5-2-6-12-35)31-18-16-30(17-19-31)32-20-23-41-38(26-32)36-13-7-8-14-40(36)45(41)34-9-3-1-4-10-34/h2*1-29H;1-27H. The van der Waals surface area contributed by atoms with Crippen molar-refractivity contribution < 1.29 is 0 Å². The van der Waals surface area contributed by atoms with Crippen LogP contribution in [-0.2, 0) is 0 Å². The van der Waals surface area contributed by atoms with Gasteiger partial charge in [0, 0.05) is 104 Å².